The maximum absolute atomic E-state index is 13.3. The van der Waals surface area contributed by atoms with Gasteiger partial charge in [-0.1, -0.05) is 59.6 Å². The van der Waals surface area contributed by atoms with Crippen molar-refractivity contribution in [2.45, 2.75) is 38.3 Å². The molecule has 4 rings (SSSR count). The lowest BCUT2D eigenvalue weighted by atomic mass is 9.86. The van der Waals surface area contributed by atoms with Gasteiger partial charge in [-0.2, -0.15) is 0 Å². The Bertz CT molecular complexity index is 1230. The van der Waals surface area contributed by atoms with Crippen molar-refractivity contribution in [3.05, 3.63) is 99.0 Å². The van der Waals surface area contributed by atoms with Crippen molar-refractivity contribution in [2.75, 3.05) is 6.54 Å². The first kappa shape index (κ1) is 24.1. The van der Waals surface area contributed by atoms with Gasteiger partial charge in [0.25, 0.3) is 5.91 Å². The van der Waals surface area contributed by atoms with E-state index in [1.165, 1.54) is 4.90 Å². The van der Waals surface area contributed by atoms with Gasteiger partial charge < -0.3 is 14.7 Å². The molecule has 0 aromatic heterocycles. The number of carboxylic acids is 1. The van der Waals surface area contributed by atoms with Gasteiger partial charge in [-0.15, -0.1) is 0 Å². The molecule has 7 heteroatoms. The predicted octanol–water partition coefficient (Wildman–Crippen LogP) is 6.05. The van der Waals surface area contributed by atoms with E-state index >= 15 is 0 Å². The summed E-state index contributed by atoms with van der Waals surface area (Å²) in [4.78, 5) is 26.0. The molecule has 1 atom stereocenters. The van der Waals surface area contributed by atoms with Gasteiger partial charge >= 0.3 is 5.97 Å². The normalized spacial score (nSPS) is 16.9. The zero-order valence-electron chi connectivity index (χ0n) is 18.8. The number of aryl methyl sites for hydroxylation is 1. The van der Waals surface area contributed by atoms with Gasteiger partial charge in [0.05, 0.1) is 0 Å². The topological polar surface area (TPSA) is 66.8 Å². The molecule has 176 valence electrons. The van der Waals surface area contributed by atoms with E-state index in [4.69, 9.17) is 27.9 Å². The third kappa shape index (κ3) is 5.54. The smallest absolute Gasteiger partial charge is 0.323 e. The number of rotatable bonds is 7. The minimum Gasteiger partial charge on any atom is -0.487 e. The molecule has 1 N–H and O–H groups in total. The Hall–Kier alpha value is -3.02. The van der Waals surface area contributed by atoms with Crippen molar-refractivity contribution in [3.63, 3.8) is 0 Å². The Labute approximate surface area is 208 Å². The number of carbonyl (C=O) groups is 2. The van der Waals surface area contributed by atoms with Crippen LogP contribution in [0.5, 0.6) is 5.75 Å². The van der Waals surface area contributed by atoms with Gasteiger partial charge in [0, 0.05) is 28.6 Å². The first-order chi connectivity index (χ1) is 16.2. The SMILES string of the molecule is CC1(Cc2ccccc2Cl)CCc2cc(C(=O)N(CC(=O)O)Cc3ccccc3Cl)ccc2O1. The summed E-state index contributed by atoms with van der Waals surface area (Å²) >= 11 is 12.6. The van der Waals surface area contributed by atoms with Gasteiger partial charge in [-0.25, -0.2) is 0 Å². The monoisotopic (exact) mass is 497 g/mol. The number of halogens is 2. The summed E-state index contributed by atoms with van der Waals surface area (Å²) in [6.45, 7) is 1.75. The Balaban J connectivity index is 1.53. The number of hydrogen-bond donors (Lipinski definition) is 1. The fourth-order valence-electron chi connectivity index (χ4n) is 4.27. The van der Waals surface area contributed by atoms with E-state index in [1.807, 2.05) is 24.3 Å². The largest absolute Gasteiger partial charge is 0.487 e. The molecule has 1 aliphatic heterocycles. The van der Waals surface area contributed by atoms with Gasteiger partial charge in [-0.3, -0.25) is 9.59 Å². The van der Waals surface area contributed by atoms with Gasteiger partial charge in [0.1, 0.15) is 17.9 Å². The fourth-order valence-corrected chi connectivity index (χ4v) is 4.67. The summed E-state index contributed by atoms with van der Waals surface area (Å²) in [5.74, 6) is -0.722. The summed E-state index contributed by atoms with van der Waals surface area (Å²) in [5, 5.41) is 10.6. The predicted molar refractivity (Wildman–Crippen MR) is 133 cm³/mol. The molecule has 0 aliphatic carbocycles. The molecule has 3 aromatic rings. The molecule has 0 saturated carbocycles. The summed E-state index contributed by atoms with van der Waals surface area (Å²) in [7, 11) is 0. The third-order valence-corrected chi connectivity index (χ3v) is 6.78. The van der Waals surface area contributed by atoms with Crippen LogP contribution in [0.4, 0.5) is 0 Å². The quantitative estimate of drug-likeness (QED) is 0.431. The van der Waals surface area contributed by atoms with Crippen LogP contribution in [0.1, 0.15) is 40.4 Å². The van der Waals surface area contributed by atoms with E-state index in [0.717, 1.165) is 34.7 Å². The number of ether oxygens (including phenoxy) is 1. The second kappa shape index (κ2) is 10.1. The van der Waals surface area contributed by atoms with Gasteiger partial charge in [0.15, 0.2) is 0 Å². The molecule has 0 spiro atoms. The van der Waals surface area contributed by atoms with Crippen LogP contribution in [0.15, 0.2) is 66.7 Å². The van der Waals surface area contributed by atoms with Crippen molar-refractivity contribution in [1.82, 2.24) is 4.90 Å². The molecular weight excluding hydrogens is 473 g/mol. The number of carboxylic acid groups (broad SMARTS) is 1. The molecule has 0 fully saturated rings. The zero-order chi connectivity index (χ0) is 24.3. The van der Waals surface area contributed by atoms with Gasteiger partial charge in [0.2, 0.25) is 0 Å². The van der Waals surface area contributed by atoms with Gasteiger partial charge in [-0.05, 0) is 66.8 Å². The third-order valence-electron chi connectivity index (χ3n) is 6.04. The molecule has 34 heavy (non-hydrogen) atoms. The molecule has 1 aliphatic rings. The van der Waals surface area contributed by atoms with Crippen LogP contribution in [0, 0.1) is 0 Å². The summed E-state index contributed by atoms with van der Waals surface area (Å²) in [5.41, 5.74) is 2.66. The zero-order valence-corrected chi connectivity index (χ0v) is 20.3. The Kier molecular flexibility index (Phi) is 7.15. The average Bonchev–Trinajstić information content (AvgIpc) is 2.80. The molecule has 3 aromatic carbocycles. The molecule has 0 bridgehead atoms. The summed E-state index contributed by atoms with van der Waals surface area (Å²) < 4.78 is 6.35. The molecular formula is C27H25Cl2NO4. The van der Waals surface area contributed by atoms with E-state index in [-0.39, 0.29) is 12.5 Å². The molecule has 1 heterocycles. The molecule has 1 unspecified atom stereocenters. The molecule has 0 radical (unpaired) electrons. The molecule has 1 amide bonds. The van der Waals surface area contributed by atoms with Crippen LogP contribution < -0.4 is 4.74 Å². The Morgan fingerprint density at radius 1 is 1.00 bits per heavy atom. The van der Waals surface area contributed by atoms with Crippen molar-refractivity contribution in [2.24, 2.45) is 0 Å². The van der Waals surface area contributed by atoms with E-state index in [1.54, 1.807) is 42.5 Å². The number of hydrogen-bond acceptors (Lipinski definition) is 3. The Morgan fingerprint density at radius 3 is 2.29 bits per heavy atom. The number of aliphatic carboxylic acids is 1. The minimum absolute atomic E-state index is 0.105. The number of carbonyl (C=O) groups excluding carboxylic acids is 1. The maximum atomic E-state index is 13.3. The number of fused-ring (bicyclic) bond motifs is 1. The summed E-state index contributed by atoms with van der Waals surface area (Å²) in [6, 6.07) is 20.1. The van der Waals surface area contributed by atoms with E-state index in [9.17, 15) is 14.7 Å². The lowest BCUT2D eigenvalue weighted by Gasteiger charge is -2.36. The standard InChI is InChI=1S/C27H25Cl2NO4/c1-27(15-20-6-2-4-8-22(20)28)13-12-18-14-19(10-11-24(18)34-27)26(33)30(17-25(31)32)16-21-7-3-5-9-23(21)29/h2-11,14H,12-13,15-17H2,1H3,(H,31,32). The van der Waals surface area contributed by atoms with E-state index in [2.05, 4.69) is 6.92 Å². The highest BCUT2D eigenvalue weighted by Crippen LogP contribution is 2.37. The second-order valence-corrected chi connectivity index (χ2v) is 9.60. The highest BCUT2D eigenvalue weighted by atomic mass is 35.5. The van der Waals surface area contributed by atoms with Crippen LogP contribution in [-0.4, -0.2) is 34.0 Å². The number of benzene rings is 3. The average molecular weight is 498 g/mol. The fraction of sp³-hybridized carbons (Fsp3) is 0.259. The van der Waals surface area contributed by atoms with Crippen molar-refractivity contribution >= 4 is 35.1 Å². The maximum Gasteiger partial charge on any atom is 0.323 e. The van der Waals surface area contributed by atoms with E-state index < -0.39 is 18.1 Å². The van der Waals surface area contributed by atoms with Crippen molar-refractivity contribution in [3.8, 4) is 5.75 Å². The van der Waals surface area contributed by atoms with Crippen LogP contribution in [0.25, 0.3) is 0 Å². The van der Waals surface area contributed by atoms with Crippen LogP contribution >= 0.6 is 23.2 Å². The highest BCUT2D eigenvalue weighted by Gasteiger charge is 2.33. The molecule has 5 nitrogen and oxygen atoms in total. The highest BCUT2D eigenvalue weighted by molar-refractivity contribution is 6.31. The second-order valence-electron chi connectivity index (χ2n) is 8.79. The molecule has 0 saturated heterocycles. The van der Waals surface area contributed by atoms with Crippen LogP contribution in [0.3, 0.4) is 0 Å². The lowest BCUT2D eigenvalue weighted by molar-refractivity contribution is -0.137. The summed E-state index contributed by atoms with van der Waals surface area (Å²) in [6.07, 6.45) is 2.18. The van der Waals surface area contributed by atoms with E-state index in [0.29, 0.717) is 22.6 Å². The number of amides is 1. The van der Waals surface area contributed by atoms with Crippen LogP contribution in [-0.2, 0) is 24.2 Å². The van der Waals surface area contributed by atoms with Crippen molar-refractivity contribution in [1.29, 1.82) is 0 Å². The minimum atomic E-state index is -1.09. The number of nitrogens with zero attached hydrogens (tertiary/aromatic N) is 1. The van der Waals surface area contributed by atoms with Crippen molar-refractivity contribution < 1.29 is 19.4 Å². The first-order valence-electron chi connectivity index (χ1n) is 11.0. The van der Waals surface area contributed by atoms with Crippen LogP contribution in [0.2, 0.25) is 10.0 Å². The Morgan fingerprint density at radius 2 is 1.65 bits per heavy atom. The first-order valence-corrected chi connectivity index (χ1v) is 11.8. The lowest BCUT2D eigenvalue weighted by Crippen LogP contribution is -2.39.